The van der Waals surface area contributed by atoms with Gasteiger partial charge in [0.25, 0.3) is 0 Å². The van der Waals surface area contributed by atoms with Gasteiger partial charge in [-0.1, -0.05) is 12.1 Å². The van der Waals surface area contributed by atoms with Crippen LogP contribution in [-0.2, 0) is 27.2 Å². The van der Waals surface area contributed by atoms with Crippen LogP contribution in [-0.4, -0.2) is 42.3 Å². The lowest BCUT2D eigenvalue weighted by atomic mass is 9.58. The van der Waals surface area contributed by atoms with Crippen molar-refractivity contribution in [3.63, 3.8) is 0 Å². The number of hydrogen-bond acceptors (Lipinski definition) is 4. The molecule has 6 heteroatoms. The summed E-state index contributed by atoms with van der Waals surface area (Å²) in [6, 6.07) is 6.10. The number of aliphatic hydroxyl groups excluding tert-OH is 1. The second-order valence-corrected chi connectivity index (χ2v) is 7.79. The van der Waals surface area contributed by atoms with E-state index in [1.807, 2.05) is 12.1 Å². The van der Waals surface area contributed by atoms with Gasteiger partial charge in [-0.3, -0.25) is 9.59 Å². The van der Waals surface area contributed by atoms with Gasteiger partial charge in [0.1, 0.15) is 0 Å². The van der Waals surface area contributed by atoms with E-state index in [1.165, 1.54) is 0 Å². The molecule has 6 nitrogen and oxygen atoms in total. The number of aryl methyl sites for hydroxylation is 1. The summed E-state index contributed by atoms with van der Waals surface area (Å²) in [4.78, 5) is 23.7. The molecule has 140 valence electrons. The molecule has 2 heterocycles. The first-order valence-electron chi connectivity index (χ1n) is 9.54. The maximum absolute atomic E-state index is 12.3. The van der Waals surface area contributed by atoms with Crippen molar-refractivity contribution < 1.29 is 19.4 Å². The first-order valence-corrected chi connectivity index (χ1v) is 9.54. The summed E-state index contributed by atoms with van der Waals surface area (Å²) in [5.41, 5.74) is 2.93. The second kappa shape index (κ2) is 7.00. The molecule has 4 rings (SSSR count). The van der Waals surface area contributed by atoms with E-state index < -0.39 is 0 Å². The van der Waals surface area contributed by atoms with Crippen molar-refractivity contribution in [3.05, 3.63) is 29.3 Å². The zero-order chi connectivity index (χ0) is 18.1. The number of ether oxygens (including phenoxy) is 1. The van der Waals surface area contributed by atoms with Gasteiger partial charge in [-0.2, -0.15) is 0 Å². The van der Waals surface area contributed by atoms with E-state index in [-0.39, 0.29) is 29.4 Å². The van der Waals surface area contributed by atoms with Crippen molar-refractivity contribution in [3.8, 4) is 0 Å². The van der Waals surface area contributed by atoms with Gasteiger partial charge in [-0.25, -0.2) is 0 Å². The van der Waals surface area contributed by atoms with Crippen molar-refractivity contribution in [2.24, 2.45) is 5.41 Å². The molecule has 2 aliphatic heterocycles. The zero-order valence-electron chi connectivity index (χ0n) is 14.9. The summed E-state index contributed by atoms with van der Waals surface area (Å²) < 4.78 is 5.41. The number of carbonyl (C=O) groups is 2. The Kier molecular flexibility index (Phi) is 4.71. The SMILES string of the molecule is O=C1Cc2cc(CCCC(=O)N[C@@H]3C[C@@H](O)C34CCOCC4)ccc2N1. The number of nitrogens with one attached hydrogen (secondary N) is 2. The van der Waals surface area contributed by atoms with E-state index in [1.54, 1.807) is 0 Å². The van der Waals surface area contributed by atoms with Gasteiger partial charge < -0.3 is 20.5 Å². The minimum absolute atomic E-state index is 0.0428. The minimum Gasteiger partial charge on any atom is -0.392 e. The average molecular weight is 358 g/mol. The smallest absolute Gasteiger partial charge is 0.228 e. The Hall–Kier alpha value is -1.92. The number of hydrogen-bond donors (Lipinski definition) is 3. The van der Waals surface area contributed by atoms with Crippen molar-refractivity contribution in [1.29, 1.82) is 0 Å². The van der Waals surface area contributed by atoms with Gasteiger partial charge in [0.05, 0.1) is 12.5 Å². The normalized spacial score (nSPS) is 26.1. The van der Waals surface area contributed by atoms with Gasteiger partial charge in [-0.05, 0) is 49.3 Å². The highest BCUT2D eigenvalue weighted by molar-refractivity contribution is 5.99. The Morgan fingerprint density at radius 2 is 2.15 bits per heavy atom. The van der Waals surface area contributed by atoms with Crippen LogP contribution in [0.2, 0.25) is 0 Å². The van der Waals surface area contributed by atoms with Crippen molar-refractivity contribution in [2.75, 3.05) is 18.5 Å². The first-order chi connectivity index (χ1) is 12.6. The number of anilines is 1. The van der Waals surface area contributed by atoms with Crippen LogP contribution in [0.15, 0.2) is 18.2 Å². The highest BCUT2D eigenvalue weighted by Crippen LogP contribution is 2.48. The Balaban J connectivity index is 1.25. The van der Waals surface area contributed by atoms with Gasteiger partial charge in [0, 0.05) is 36.8 Å². The second-order valence-electron chi connectivity index (χ2n) is 7.79. The lowest BCUT2D eigenvalue weighted by molar-refractivity contribution is -0.156. The molecule has 2 fully saturated rings. The highest BCUT2D eigenvalue weighted by atomic mass is 16.5. The van der Waals surface area contributed by atoms with E-state index in [0.717, 1.165) is 42.5 Å². The quantitative estimate of drug-likeness (QED) is 0.745. The maximum atomic E-state index is 12.3. The number of aliphatic hydroxyl groups is 1. The predicted octanol–water partition coefficient (Wildman–Crippen LogP) is 1.55. The van der Waals surface area contributed by atoms with Crippen molar-refractivity contribution >= 4 is 17.5 Å². The van der Waals surface area contributed by atoms with E-state index in [9.17, 15) is 14.7 Å². The molecule has 0 unspecified atom stereocenters. The molecule has 1 aromatic carbocycles. The first kappa shape index (κ1) is 17.5. The molecule has 1 saturated heterocycles. The Bertz CT molecular complexity index is 712. The standard InChI is InChI=1S/C20H26N2O4/c23-17-12-16(20(17)6-8-26-9-7-20)22-18(24)3-1-2-13-4-5-15-14(10-13)11-19(25)21-15/h4-5,10,16-17,23H,1-3,6-9,11-12H2,(H,21,25)(H,22,24)/t16-,17-/m1/s1. The van der Waals surface area contributed by atoms with E-state index >= 15 is 0 Å². The lowest BCUT2D eigenvalue weighted by Gasteiger charge is -2.55. The lowest BCUT2D eigenvalue weighted by Crippen LogP contribution is -2.65. The van der Waals surface area contributed by atoms with E-state index in [0.29, 0.717) is 32.5 Å². The molecule has 2 atom stereocenters. The molecule has 0 bridgehead atoms. The fourth-order valence-corrected chi connectivity index (χ4v) is 4.56. The number of carbonyl (C=O) groups excluding carboxylic acids is 2. The van der Waals surface area contributed by atoms with Crippen LogP contribution < -0.4 is 10.6 Å². The largest absolute Gasteiger partial charge is 0.392 e. The summed E-state index contributed by atoms with van der Waals surface area (Å²) >= 11 is 0. The van der Waals surface area contributed by atoms with Crippen molar-refractivity contribution in [1.82, 2.24) is 5.32 Å². The summed E-state index contributed by atoms with van der Waals surface area (Å²) in [5, 5.41) is 16.2. The van der Waals surface area contributed by atoms with Crippen LogP contribution in [0, 0.1) is 5.41 Å². The molecule has 1 spiro atoms. The number of benzene rings is 1. The Morgan fingerprint density at radius 3 is 2.92 bits per heavy atom. The molecule has 1 aromatic rings. The Morgan fingerprint density at radius 1 is 1.35 bits per heavy atom. The molecular weight excluding hydrogens is 332 g/mol. The molecule has 0 radical (unpaired) electrons. The van der Waals surface area contributed by atoms with Crippen LogP contribution in [0.1, 0.15) is 43.2 Å². The minimum atomic E-state index is -0.320. The third kappa shape index (κ3) is 3.23. The van der Waals surface area contributed by atoms with Crippen LogP contribution in [0.3, 0.4) is 0 Å². The number of rotatable bonds is 5. The molecule has 26 heavy (non-hydrogen) atoms. The Labute approximate surface area is 153 Å². The number of amides is 2. The van der Waals surface area contributed by atoms with Gasteiger partial charge in [0.2, 0.25) is 11.8 Å². The number of fused-ring (bicyclic) bond motifs is 1. The molecule has 3 aliphatic rings. The zero-order valence-corrected chi connectivity index (χ0v) is 14.9. The third-order valence-corrected chi connectivity index (χ3v) is 6.24. The average Bonchev–Trinajstić information content (AvgIpc) is 3.01. The third-order valence-electron chi connectivity index (χ3n) is 6.24. The van der Waals surface area contributed by atoms with Gasteiger partial charge >= 0.3 is 0 Å². The topological polar surface area (TPSA) is 87.7 Å². The summed E-state index contributed by atoms with van der Waals surface area (Å²) in [7, 11) is 0. The summed E-state index contributed by atoms with van der Waals surface area (Å²) in [6.45, 7) is 1.33. The highest BCUT2D eigenvalue weighted by Gasteiger charge is 2.55. The van der Waals surface area contributed by atoms with Crippen LogP contribution in [0.5, 0.6) is 0 Å². The van der Waals surface area contributed by atoms with E-state index in [2.05, 4.69) is 16.7 Å². The van der Waals surface area contributed by atoms with Crippen LogP contribution >= 0.6 is 0 Å². The molecule has 0 aromatic heterocycles. The van der Waals surface area contributed by atoms with E-state index in [4.69, 9.17) is 4.74 Å². The fraction of sp³-hybridized carbons (Fsp3) is 0.600. The van der Waals surface area contributed by atoms with Gasteiger partial charge in [0.15, 0.2) is 0 Å². The maximum Gasteiger partial charge on any atom is 0.228 e. The molecular formula is C20H26N2O4. The van der Waals surface area contributed by atoms with Gasteiger partial charge in [-0.15, -0.1) is 0 Å². The predicted molar refractivity (Wildman–Crippen MR) is 96.8 cm³/mol. The monoisotopic (exact) mass is 358 g/mol. The summed E-state index contributed by atoms with van der Waals surface area (Å²) in [6.07, 6.45) is 4.49. The van der Waals surface area contributed by atoms with Crippen molar-refractivity contribution in [2.45, 2.75) is 57.1 Å². The van der Waals surface area contributed by atoms with Crippen LogP contribution in [0.25, 0.3) is 0 Å². The molecule has 3 N–H and O–H groups in total. The molecule has 2 amide bonds. The molecule has 1 saturated carbocycles. The fourth-order valence-electron chi connectivity index (χ4n) is 4.56. The van der Waals surface area contributed by atoms with Crippen LogP contribution in [0.4, 0.5) is 5.69 Å². The summed E-state index contributed by atoms with van der Waals surface area (Å²) in [5.74, 6) is 0.104. The molecule has 1 aliphatic carbocycles.